The maximum atomic E-state index is 10.2. The summed E-state index contributed by atoms with van der Waals surface area (Å²) in [7, 11) is 0. The summed E-state index contributed by atoms with van der Waals surface area (Å²) in [5, 5.41) is 32.1. The Hall–Kier alpha value is -8.89. The molecule has 0 aliphatic rings. The molecule has 0 N–H and O–H groups in total. The number of hydrogen-bond donors (Lipinski definition) is 0. The van der Waals surface area contributed by atoms with Crippen LogP contribution in [0.3, 0.4) is 0 Å². The standard InChI is InChI=1S/C55H32N6/c56-33-36-12-9-19-41(26-36)42-24-25-53-49(29-42)46-22-7-8-23-52(46)61(53)54-47(43-20-10-13-37(27-43)34-57)30-45(31-48(54)44-21-11-14-38(28-44)35-58)55-59-50(39-15-3-1-4-16-39)32-51(60-55)40-17-5-2-6-18-40/h1-32H. The van der Waals surface area contributed by atoms with Crippen LogP contribution in [-0.2, 0) is 0 Å². The van der Waals surface area contributed by atoms with E-state index in [4.69, 9.17) is 9.97 Å². The van der Waals surface area contributed by atoms with E-state index in [2.05, 4.69) is 89.5 Å². The fourth-order valence-electron chi connectivity index (χ4n) is 8.21. The van der Waals surface area contributed by atoms with Gasteiger partial charge in [0.2, 0.25) is 0 Å². The lowest BCUT2D eigenvalue weighted by Crippen LogP contribution is -2.03. The summed E-state index contributed by atoms with van der Waals surface area (Å²) in [6.45, 7) is 0. The highest BCUT2D eigenvalue weighted by atomic mass is 15.0. The fourth-order valence-corrected chi connectivity index (χ4v) is 8.21. The van der Waals surface area contributed by atoms with E-state index in [1.807, 2.05) is 127 Å². The van der Waals surface area contributed by atoms with Gasteiger partial charge in [-0.2, -0.15) is 15.8 Å². The van der Waals surface area contributed by atoms with Crippen LogP contribution in [-0.4, -0.2) is 14.5 Å². The molecular weight excluding hydrogens is 745 g/mol. The van der Waals surface area contributed by atoms with E-state index in [1.54, 1.807) is 0 Å². The van der Waals surface area contributed by atoms with E-state index < -0.39 is 0 Å². The van der Waals surface area contributed by atoms with Crippen molar-refractivity contribution >= 4 is 21.8 Å². The van der Waals surface area contributed by atoms with Gasteiger partial charge in [-0.15, -0.1) is 0 Å². The highest BCUT2D eigenvalue weighted by Gasteiger charge is 2.23. The minimum atomic E-state index is 0.530. The van der Waals surface area contributed by atoms with Crippen molar-refractivity contribution in [3.8, 4) is 91.2 Å². The number of fused-ring (bicyclic) bond motifs is 3. The molecule has 0 atom stereocenters. The Morgan fingerprint density at radius 3 is 1.36 bits per heavy atom. The van der Waals surface area contributed by atoms with Crippen LogP contribution in [0, 0.1) is 34.0 Å². The maximum absolute atomic E-state index is 10.2. The Labute approximate surface area is 352 Å². The van der Waals surface area contributed by atoms with Crippen LogP contribution in [0.5, 0.6) is 0 Å². The summed E-state index contributed by atoms with van der Waals surface area (Å²) in [5.41, 5.74) is 14.1. The summed E-state index contributed by atoms with van der Waals surface area (Å²) < 4.78 is 2.29. The molecule has 0 aliphatic heterocycles. The summed E-state index contributed by atoms with van der Waals surface area (Å²) in [6.07, 6.45) is 0. The molecule has 2 aromatic heterocycles. The van der Waals surface area contributed by atoms with Crippen molar-refractivity contribution in [3.05, 3.63) is 211 Å². The minimum absolute atomic E-state index is 0.530. The van der Waals surface area contributed by atoms with Crippen molar-refractivity contribution < 1.29 is 0 Å². The van der Waals surface area contributed by atoms with Crippen LogP contribution in [0.1, 0.15) is 16.7 Å². The van der Waals surface area contributed by atoms with Crippen molar-refractivity contribution in [1.82, 2.24) is 14.5 Å². The van der Waals surface area contributed by atoms with Crippen molar-refractivity contribution in [1.29, 1.82) is 15.8 Å². The van der Waals surface area contributed by atoms with Gasteiger partial charge >= 0.3 is 0 Å². The highest BCUT2D eigenvalue weighted by Crippen LogP contribution is 2.45. The number of nitrogens with zero attached hydrogens (tertiary/aromatic N) is 6. The summed E-state index contributed by atoms with van der Waals surface area (Å²) in [4.78, 5) is 10.5. The zero-order valence-electron chi connectivity index (χ0n) is 32.7. The Morgan fingerprint density at radius 1 is 0.344 bits per heavy atom. The molecule has 0 aliphatic carbocycles. The van der Waals surface area contributed by atoms with Crippen LogP contribution in [0.4, 0.5) is 0 Å². The molecule has 0 saturated heterocycles. The van der Waals surface area contributed by atoms with Crippen LogP contribution >= 0.6 is 0 Å². The zero-order valence-corrected chi connectivity index (χ0v) is 32.7. The number of hydrogen-bond acceptors (Lipinski definition) is 5. The van der Waals surface area contributed by atoms with Crippen LogP contribution in [0.25, 0.3) is 94.8 Å². The predicted molar refractivity (Wildman–Crippen MR) is 243 cm³/mol. The van der Waals surface area contributed by atoms with E-state index in [0.29, 0.717) is 22.5 Å². The Morgan fingerprint density at radius 2 is 0.803 bits per heavy atom. The second kappa shape index (κ2) is 15.5. The zero-order chi connectivity index (χ0) is 41.3. The molecule has 282 valence electrons. The van der Waals surface area contributed by atoms with Gasteiger partial charge in [0, 0.05) is 38.6 Å². The average molecular weight is 777 g/mol. The molecule has 6 nitrogen and oxygen atoms in total. The first-order chi connectivity index (χ1) is 30.1. The average Bonchev–Trinajstić information content (AvgIpc) is 3.67. The third kappa shape index (κ3) is 6.75. The smallest absolute Gasteiger partial charge is 0.160 e. The minimum Gasteiger partial charge on any atom is -0.308 e. The van der Waals surface area contributed by atoms with Crippen LogP contribution in [0.2, 0.25) is 0 Å². The lowest BCUT2D eigenvalue weighted by molar-refractivity contribution is 1.17. The molecule has 0 amide bonds. The largest absolute Gasteiger partial charge is 0.308 e. The van der Waals surface area contributed by atoms with E-state index in [1.165, 1.54) is 0 Å². The van der Waals surface area contributed by atoms with E-state index >= 15 is 0 Å². The van der Waals surface area contributed by atoms with Gasteiger partial charge in [-0.1, -0.05) is 121 Å². The van der Waals surface area contributed by atoms with Crippen LogP contribution < -0.4 is 0 Å². The molecule has 61 heavy (non-hydrogen) atoms. The molecule has 6 heteroatoms. The molecular formula is C55H32N6. The van der Waals surface area contributed by atoms with Gasteiger partial charge in [0.05, 0.1) is 63.0 Å². The monoisotopic (exact) mass is 776 g/mol. The molecule has 0 fully saturated rings. The third-order valence-corrected chi connectivity index (χ3v) is 11.1. The fraction of sp³-hybridized carbons (Fsp3) is 0. The lowest BCUT2D eigenvalue weighted by atomic mass is 9.91. The number of benzene rings is 8. The summed E-state index contributed by atoms with van der Waals surface area (Å²) in [6, 6.07) is 71.3. The summed E-state index contributed by atoms with van der Waals surface area (Å²) >= 11 is 0. The first-order valence-electron chi connectivity index (χ1n) is 19.8. The van der Waals surface area contributed by atoms with E-state index in [-0.39, 0.29) is 0 Å². The molecule has 0 bridgehead atoms. The second-order valence-electron chi connectivity index (χ2n) is 14.8. The van der Waals surface area contributed by atoms with Crippen LogP contribution in [0.15, 0.2) is 194 Å². The Balaban J connectivity index is 1.32. The SMILES string of the molecule is N#Cc1cccc(-c2ccc3c(c2)c2ccccc2n3-c2c(-c3cccc(C#N)c3)cc(-c3nc(-c4ccccc4)cc(-c4ccccc4)n3)cc2-c2cccc(C#N)c2)c1. The predicted octanol–water partition coefficient (Wildman–Crippen LogP) is 13.2. The van der Waals surface area contributed by atoms with Gasteiger partial charge in [-0.3, -0.25) is 0 Å². The molecule has 0 saturated carbocycles. The van der Waals surface area contributed by atoms with Gasteiger partial charge in [-0.25, -0.2) is 9.97 Å². The second-order valence-corrected chi connectivity index (χ2v) is 14.8. The van der Waals surface area contributed by atoms with E-state index in [9.17, 15) is 15.8 Å². The third-order valence-electron chi connectivity index (χ3n) is 11.1. The molecule has 10 aromatic rings. The van der Waals surface area contributed by atoms with Crippen molar-refractivity contribution in [3.63, 3.8) is 0 Å². The molecule has 0 unspecified atom stereocenters. The topological polar surface area (TPSA) is 102 Å². The quantitative estimate of drug-likeness (QED) is 0.160. The van der Waals surface area contributed by atoms with Crippen molar-refractivity contribution in [2.75, 3.05) is 0 Å². The molecule has 2 heterocycles. The number of rotatable bonds is 7. The highest BCUT2D eigenvalue weighted by molar-refractivity contribution is 6.12. The Bertz CT molecular complexity index is 3320. The lowest BCUT2D eigenvalue weighted by Gasteiger charge is -2.21. The first kappa shape index (κ1) is 36.5. The molecule has 0 radical (unpaired) electrons. The number of para-hydroxylation sites is 1. The summed E-state index contributed by atoms with van der Waals surface area (Å²) in [5.74, 6) is 0.536. The van der Waals surface area contributed by atoms with Gasteiger partial charge < -0.3 is 4.57 Å². The van der Waals surface area contributed by atoms with Gasteiger partial charge in [0.1, 0.15) is 0 Å². The normalized spacial score (nSPS) is 10.9. The van der Waals surface area contributed by atoms with Crippen molar-refractivity contribution in [2.24, 2.45) is 0 Å². The van der Waals surface area contributed by atoms with E-state index in [0.717, 1.165) is 89.0 Å². The maximum Gasteiger partial charge on any atom is 0.160 e. The number of aromatic nitrogens is 3. The molecule has 0 spiro atoms. The van der Waals surface area contributed by atoms with Gasteiger partial charge in [0.25, 0.3) is 0 Å². The molecule has 10 rings (SSSR count). The van der Waals surface area contributed by atoms with Gasteiger partial charge in [0.15, 0.2) is 5.82 Å². The Kier molecular flexibility index (Phi) is 9.24. The number of nitriles is 3. The van der Waals surface area contributed by atoms with Crippen molar-refractivity contribution in [2.45, 2.75) is 0 Å². The van der Waals surface area contributed by atoms with Gasteiger partial charge in [-0.05, 0) is 95.1 Å². The molecule has 8 aromatic carbocycles. The first-order valence-corrected chi connectivity index (χ1v) is 19.8.